The number of amides is 1. The molecule has 1 saturated carbocycles. The molecule has 2 heteroatoms. The Morgan fingerprint density at radius 2 is 2.06 bits per heavy atom. The van der Waals surface area contributed by atoms with E-state index in [0.717, 1.165) is 12.8 Å². The van der Waals surface area contributed by atoms with Crippen molar-refractivity contribution in [3.8, 4) is 0 Å². The second-order valence-corrected chi connectivity index (χ2v) is 4.86. The lowest BCUT2D eigenvalue weighted by Gasteiger charge is -2.17. The summed E-state index contributed by atoms with van der Waals surface area (Å²) in [5.74, 6) is 0.501. The summed E-state index contributed by atoms with van der Waals surface area (Å²) >= 11 is 0. The minimum absolute atomic E-state index is 0.119. The minimum atomic E-state index is 0.119. The lowest BCUT2D eigenvalue weighted by atomic mass is 10.0. The summed E-state index contributed by atoms with van der Waals surface area (Å²) in [6.45, 7) is 6.24. The third-order valence-corrected chi connectivity index (χ3v) is 3.20. The van der Waals surface area contributed by atoms with Crippen molar-refractivity contribution in [2.45, 2.75) is 39.7 Å². The molecule has 1 aliphatic rings. The molecule has 0 aromatic heterocycles. The van der Waals surface area contributed by atoms with E-state index in [1.165, 1.54) is 16.7 Å². The monoisotopic (exact) mass is 217 g/mol. The Bertz CT molecular complexity index is 407. The Morgan fingerprint density at radius 3 is 2.62 bits per heavy atom. The minimum Gasteiger partial charge on any atom is -0.349 e. The third kappa shape index (κ3) is 2.43. The van der Waals surface area contributed by atoms with Gasteiger partial charge in [0.1, 0.15) is 0 Å². The molecule has 1 unspecified atom stereocenters. The van der Waals surface area contributed by atoms with Crippen LogP contribution in [-0.4, -0.2) is 5.91 Å². The highest BCUT2D eigenvalue weighted by Gasteiger charge is 2.30. The van der Waals surface area contributed by atoms with Crippen LogP contribution in [0.3, 0.4) is 0 Å². The molecule has 2 rings (SSSR count). The highest BCUT2D eigenvalue weighted by atomic mass is 16.2. The number of aryl methyl sites for hydroxylation is 2. The van der Waals surface area contributed by atoms with E-state index in [1.807, 2.05) is 0 Å². The fourth-order valence-corrected chi connectivity index (χ4v) is 2.07. The van der Waals surface area contributed by atoms with Gasteiger partial charge in [-0.05, 0) is 44.7 Å². The zero-order valence-electron chi connectivity index (χ0n) is 10.2. The second-order valence-electron chi connectivity index (χ2n) is 4.86. The van der Waals surface area contributed by atoms with Crippen molar-refractivity contribution in [2.24, 2.45) is 5.92 Å². The van der Waals surface area contributed by atoms with E-state index in [2.05, 4.69) is 44.3 Å². The number of nitrogens with one attached hydrogen (secondary N) is 1. The largest absolute Gasteiger partial charge is 0.349 e. The lowest BCUT2D eigenvalue weighted by molar-refractivity contribution is -0.122. The van der Waals surface area contributed by atoms with Gasteiger partial charge in [-0.2, -0.15) is 0 Å². The van der Waals surface area contributed by atoms with Crippen LogP contribution in [0.15, 0.2) is 18.2 Å². The van der Waals surface area contributed by atoms with Crippen LogP contribution < -0.4 is 5.32 Å². The SMILES string of the molecule is Cc1ccc(C(C)NC(=O)C2CC2)c(C)c1. The van der Waals surface area contributed by atoms with Gasteiger partial charge < -0.3 is 5.32 Å². The maximum absolute atomic E-state index is 11.7. The molecular formula is C14H19NO. The van der Waals surface area contributed by atoms with Crippen LogP contribution in [0.5, 0.6) is 0 Å². The first-order valence-electron chi connectivity index (χ1n) is 5.95. The van der Waals surface area contributed by atoms with Gasteiger partial charge in [0.05, 0.1) is 6.04 Å². The Labute approximate surface area is 97.1 Å². The van der Waals surface area contributed by atoms with Gasteiger partial charge >= 0.3 is 0 Å². The fraction of sp³-hybridized carbons (Fsp3) is 0.500. The molecule has 2 nitrogen and oxygen atoms in total. The standard InChI is InChI=1S/C14H19NO/c1-9-4-7-13(10(2)8-9)11(3)15-14(16)12-5-6-12/h4,7-8,11-12H,5-6H2,1-3H3,(H,15,16). The topological polar surface area (TPSA) is 29.1 Å². The van der Waals surface area contributed by atoms with E-state index in [-0.39, 0.29) is 17.9 Å². The van der Waals surface area contributed by atoms with Crippen molar-refractivity contribution in [1.29, 1.82) is 0 Å². The smallest absolute Gasteiger partial charge is 0.223 e. The third-order valence-electron chi connectivity index (χ3n) is 3.20. The molecule has 1 aliphatic carbocycles. The molecule has 1 atom stereocenters. The van der Waals surface area contributed by atoms with Crippen LogP contribution in [0.25, 0.3) is 0 Å². The number of carbonyl (C=O) groups excluding carboxylic acids is 1. The molecule has 1 amide bonds. The number of benzene rings is 1. The molecule has 0 spiro atoms. The summed E-state index contributed by atoms with van der Waals surface area (Å²) in [5, 5.41) is 3.08. The molecule has 0 bridgehead atoms. The van der Waals surface area contributed by atoms with E-state index in [9.17, 15) is 4.79 Å². The zero-order chi connectivity index (χ0) is 11.7. The summed E-state index contributed by atoms with van der Waals surface area (Å²) in [7, 11) is 0. The Balaban J connectivity index is 2.07. The van der Waals surface area contributed by atoms with Gasteiger partial charge in [-0.3, -0.25) is 4.79 Å². The van der Waals surface area contributed by atoms with Gasteiger partial charge in [0.15, 0.2) is 0 Å². The molecule has 0 heterocycles. The molecule has 1 aromatic carbocycles. The second kappa shape index (κ2) is 4.28. The normalized spacial score (nSPS) is 16.9. The Kier molecular flexibility index (Phi) is 2.99. The summed E-state index contributed by atoms with van der Waals surface area (Å²) in [6.07, 6.45) is 2.12. The van der Waals surface area contributed by atoms with Crippen molar-refractivity contribution in [2.75, 3.05) is 0 Å². The van der Waals surface area contributed by atoms with Crippen LogP contribution in [-0.2, 0) is 4.79 Å². The molecule has 0 saturated heterocycles. The van der Waals surface area contributed by atoms with Gasteiger partial charge in [0.2, 0.25) is 5.91 Å². The fourth-order valence-electron chi connectivity index (χ4n) is 2.07. The molecule has 0 radical (unpaired) electrons. The first kappa shape index (κ1) is 11.2. The summed E-state index contributed by atoms with van der Waals surface area (Å²) in [6, 6.07) is 6.49. The van der Waals surface area contributed by atoms with Gasteiger partial charge in [-0.15, -0.1) is 0 Å². The van der Waals surface area contributed by atoms with Crippen molar-refractivity contribution >= 4 is 5.91 Å². The number of hydrogen-bond acceptors (Lipinski definition) is 1. The average molecular weight is 217 g/mol. The van der Waals surface area contributed by atoms with Crippen LogP contribution in [0.2, 0.25) is 0 Å². The van der Waals surface area contributed by atoms with Gasteiger partial charge in [-0.1, -0.05) is 23.8 Å². The van der Waals surface area contributed by atoms with Crippen molar-refractivity contribution in [3.05, 3.63) is 34.9 Å². The molecule has 1 aromatic rings. The first-order valence-corrected chi connectivity index (χ1v) is 5.95. The predicted octanol–water partition coefficient (Wildman–Crippen LogP) is 2.89. The van der Waals surface area contributed by atoms with Crippen molar-refractivity contribution in [1.82, 2.24) is 5.32 Å². The van der Waals surface area contributed by atoms with Crippen LogP contribution >= 0.6 is 0 Å². The zero-order valence-corrected chi connectivity index (χ0v) is 10.2. The van der Waals surface area contributed by atoms with Crippen LogP contribution in [0, 0.1) is 19.8 Å². The lowest BCUT2D eigenvalue weighted by Crippen LogP contribution is -2.28. The van der Waals surface area contributed by atoms with Gasteiger partial charge in [-0.25, -0.2) is 0 Å². The van der Waals surface area contributed by atoms with Crippen molar-refractivity contribution < 1.29 is 4.79 Å². The first-order chi connectivity index (χ1) is 7.58. The maximum Gasteiger partial charge on any atom is 0.223 e. The predicted molar refractivity (Wildman–Crippen MR) is 65.2 cm³/mol. The summed E-state index contributed by atoms with van der Waals surface area (Å²) in [5.41, 5.74) is 3.74. The van der Waals surface area contributed by atoms with E-state index in [4.69, 9.17) is 0 Å². The Morgan fingerprint density at radius 1 is 1.38 bits per heavy atom. The molecule has 86 valence electrons. The average Bonchev–Trinajstić information content (AvgIpc) is 2.99. The molecule has 16 heavy (non-hydrogen) atoms. The van der Waals surface area contributed by atoms with Gasteiger partial charge in [0.25, 0.3) is 0 Å². The number of carbonyl (C=O) groups is 1. The molecule has 1 fully saturated rings. The van der Waals surface area contributed by atoms with Crippen LogP contribution in [0.1, 0.15) is 42.5 Å². The quantitative estimate of drug-likeness (QED) is 0.828. The molecule has 0 aliphatic heterocycles. The number of hydrogen-bond donors (Lipinski definition) is 1. The maximum atomic E-state index is 11.7. The highest BCUT2D eigenvalue weighted by molar-refractivity contribution is 5.81. The number of rotatable bonds is 3. The molecular weight excluding hydrogens is 198 g/mol. The molecule has 1 N–H and O–H groups in total. The van der Waals surface area contributed by atoms with E-state index >= 15 is 0 Å². The summed E-state index contributed by atoms with van der Waals surface area (Å²) < 4.78 is 0. The van der Waals surface area contributed by atoms with E-state index in [0.29, 0.717) is 0 Å². The van der Waals surface area contributed by atoms with E-state index < -0.39 is 0 Å². The van der Waals surface area contributed by atoms with Crippen molar-refractivity contribution in [3.63, 3.8) is 0 Å². The summed E-state index contributed by atoms with van der Waals surface area (Å²) in [4.78, 5) is 11.7. The van der Waals surface area contributed by atoms with E-state index in [1.54, 1.807) is 0 Å². The highest BCUT2D eigenvalue weighted by Crippen LogP contribution is 2.30. The van der Waals surface area contributed by atoms with Gasteiger partial charge in [0, 0.05) is 5.92 Å². The van der Waals surface area contributed by atoms with Crippen LogP contribution in [0.4, 0.5) is 0 Å². The Hall–Kier alpha value is -1.31.